The summed E-state index contributed by atoms with van der Waals surface area (Å²) in [5, 5.41) is 1.91. The van der Waals surface area contributed by atoms with Crippen LogP contribution in [0.15, 0.2) is 16.3 Å². The molecule has 1 aliphatic heterocycles. The summed E-state index contributed by atoms with van der Waals surface area (Å²) in [6.45, 7) is 6.22. The molecule has 2 atom stereocenters. The third-order valence-corrected chi connectivity index (χ3v) is 4.30. The smallest absolute Gasteiger partial charge is 0.263 e. The zero-order valence-corrected chi connectivity index (χ0v) is 11.4. The van der Waals surface area contributed by atoms with Crippen LogP contribution in [0.4, 0.5) is 0 Å². The van der Waals surface area contributed by atoms with Crippen molar-refractivity contribution >= 4 is 29.9 Å². The van der Waals surface area contributed by atoms with E-state index in [0.717, 1.165) is 22.9 Å². The predicted octanol–water partition coefficient (Wildman–Crippen LogP) is 3.15. The van der Waals surface area contributed by atoms with Crippen LogP contribution in [-0.2, 0) is 0 Å². The van der Waals surface area contributed by atoms with Crippen molar-refractivity contribution in [1.82, 2.24) is 4.90 Å². The van der Waals surface area contributed by atoms with Crippen LogP contribution in [0.3, 0.4) is 0 Å². The number of carbonyl (C=O) groups is 1. The Balaban J connectivity index is 2.09. The molecule has 0 aromatic carbocycles. The second kappa shape index (κ2) is 4.80. The Hall–Kier alpha value is -0.480. The van der Waals surface area contributed by atoms with E-state index in [-0.39, 0.29) is 5.91 Å². The van der Waals surface area contributed by atoms with Gasteiger partial charge in [-0.25, -0.2) is 0 Å². The summed E-state index contributed by atoms with van der Waals surface area (Å²) >= 11 is 5.72. The van der Waals surface area contributed by atoms with Crippen LogP contribution in [-0.4, -0.2) is 23.9 Å². The van der Waals surface area contributed by atoms with Gasteiger partial charge in [0.25, 0.3) is 5.91 Å². The fourth-order valence-corrected chi connectivity index (χ4v) is 3.54. The Morgan fingerprint density at radius 3 is 2.56 bits per heavy atom. The Labute approximate surface area is 106 Å². The largest absolute Gasteiger partial charge is 0.337 e. The third kappa shape index (κ3) is 2.61. The van der Waals surface area contributed by atoms with E-state index in [9.17, 15) is 4.79 Å². The molecule has 1 aromatic heterocycles. The molecule has 0 N–H and O–H groups in total. The lowest BCUT2D eigenvalue weighted by atomic mass is 9.92. The van der Waals surface area contributed by atoms with Gasteiger partial charge in [0.2, 0.25) is 0 Å². The average molecular weight is 255 g/mol. The monoisotopic (exact) mass is 255 g/mol. The summed E-state index contributed by atoms with van der Waals surface area (Å²) in [6, 6.07) is 1.86. The van der Waals surface area contributed by atoms with Gasteiger partial charge in [0.05, 0.1) is 4.88 Å². The quantitative estimate of drug-likeness (QED) is 0.764. The number of hydrogen-bond donors (Lipinski definition) is 1. The van der Waals surface area contributed by atoms with E-state index < -0.39 is 0 Å². The zero-order chi connectivity index (χ0) is 11.7. The van der Waals surface area contributed by atoms with E-state index in [4.69, 9.17) is 0 Å². The van der Waals surface area contributed by atoms with Crippen molar-refractivity contribution in [1.29, 1.82) is 0 Å². The Kier molecular flexibility index (Phi) is 3.60. The molecule has 2 heterocycles. The molecule has 0 radical (unpaired) electrons. The van der Waals surface area contributed by atoms with Crippen LogP contribution in [0.5, 0.6) is 0 Å². The van der Waals surface area contributed by atoms with Crippen LogP contribution in [0, 0.1) is 11.8 Å². The Morgan fingerprint density at radius 1 is 1.44 bits per heavy atom. The minimum absolute atomic E-state index is 0.170. The zero-order valence-electron chi connectivity index (χ0n) is 9.64. The Bertz CT molecular complexity index is 378. The molecule has 0 aliphatic carbocycles. The fraction of sp³-hybridized carbons (Fsp3) is 0.583. The van der Waals surface area contributed by atoms with Crippen LogP contribution < -0.4 is 0 Å². The molecule has 4 heteroatoms. The minimum Gasteiger partial charge on any atom is -0.337 e. The molecule has 1 fully saturated rings. The number of piperidine rings is 1. The highest BCUT2D eigenvalue weighted by molar-refractivity contribution is 7.80. The molecule has 1 aliphatic rings. The van der Waals surface area contributed by atoms with Crippen molar-refractivity contribution in [2.45, 2.75) is 25.2 Å². The normalized spacial score (nSPS) is 25.8. The molecular formula is C12H17NOS2. The number of hydrogen-bond acceptors (Lipinski definition) is 3. The van der Waals surface area contributed by atoms with Crippen molar-refractivity contribution in [3.8, 4) is 0 Å². The number of likely N-dealkylation sites (tertiary alicyclic amines) is 1. The van der Waals surface area contributed by atoms with Gasteiger partial charge >= 0.3 is 0 Å². The predicted molar refractivity (Wildman–Crippen MR) is 70.4 cm³/mol. The number of rotatable bonds is 1. The van der Waals surface area contributed by atoms with Gasteiger partial charge in [-0.1, -0.05) is 13.8 Å². The highest BCUT2D eigenvalue weighted by Gasteiger charge is 2.26. The number of thiol groups is 1. The van der Waals surface area contributed by atoms with E-state index in [2.05, 4.69) is 26.5 Å². The van der Waals surface area contributed by atoms with Gasteiger partial charge in [-0.2, -0.15) is 0 Å². The van der Waals surface area contributed by atoms with E-state index in [1.807, 2.05) is 16.3 Å². The lowest BCUT2D eigenvalue weighted by Gasteiger charge is -2.34. The molecule has 88 valence electrons. The van der Waals surface area contributed by atoms with Gasteiger partial charge in [0.1, 0.15) is 0 Å². The lowest BCUT2D eigenvalue weighted by Crippen LogP contribution is -2.42. The Morgan fingerprint density at radius 2 is 2.06 bits per heavy atom. The number of nitrogens with zero attached hydrogens (tertiary/aromatic N) is 1. The second-order valence-electron chi connectivity index (χ2n) is 4.83. The van der Waals surface area contributed by atoms with Crippen molar-refractivity contribution in [2.24, 2.45) is 11.8 Å². The highest BCUT2D eigenvalue weighted by Crippen LogP contribution is 2.25. The summed E-state index contributed by atoms with van der Waals surface area (Å²) in [4.78, 5) is 15.9. The molecule has 0 spiro atoms. The average Bonchev–Trinajstić information content (AvgIpc) is 2.62. The SMILES string of the molecule is CC1CC(C)CN(C(=O)c2cc(S)cs2)C1. The van der Waals surface area contributed by atoms with Crippen LogP contribution >= 0.6 is 24.0 Å². The number of amides is 1. The van der Waals surface area contributed by atoms with Gasteiger partial charge in [0.15, 0.2) is 0 Å². The first kappa shape index (κ1) is 12.0. The maximum absolute atomic E-state index is 12.2. The fourth-order valence-electron chi connectivity index (χ4n) is 2.42. The molecule has 1 amide bonds. The molecule has 2 unspecified atom stereocenters. The lowest BCUT2D eigenvalue weighted by molar-refractivity contribution is 0.0628. The first-order valence-corrected chi connectivity index (χ1v) is 6.95. The molecule has 2 rings (SSSR count). The molecule has 16 heavy (non-hydrogen) atoms. The number of carbonyl (C=O) groups excluding carboxylic acids is 1. The van der Waals surface area contributed by atoms with Crippen LogP contribution in [0.2, 0.25) is 0 Å². The summed E-state index contributed by atoms with van der Waals surface area (Å²) in [6.07, 6.45) is 1.23. The molecule has 0 bridgehead atoms. The minimum atomic E-state index is 0.170. The van der Waals surface area contributed by atoms with Crippen LogP contribution in [0.1, 0.15) is 29.9 Å². The standard InChI is InChI=1S/C12H17NOS2/c1-8-3-9(2)6-13(5-8)12(14)11-4-10(15)7-16-11/h4,7-9,15H,3,5-6H2,1-2H3. The maximum atomic E-state index is 12.2. The van der Waals surface area contributed by atoms with Crippen molar-refractivity contribution < 1.29 is 4.79 Å². The topological polar surface area (TPSA) is 20.3 Å². The first-order valence-electron chi connectivity index (χ1n) is 5.63. The summed E-state index contributed by atoms with van der Waals surface area (Å²) in [5.41, 5.74) is 0. The van der Waals surface area contributed by atoms with Crippen LogP contribution in [0.25, 0.3) is 0 Å². The van der Waals surface area contributed by atoms with Gasteiger partial charge in [-0.05, 0) is 24.3 Å². The second-order valence-corrected chi connectivity index (χ2v) is 6.25. The van der Waals surface area contributed by atoms with E-state index in [1.165, 1.54) is 17.8 Å². The molecular weight excluding hydrogens is 238 g/mol. The molecule has 2 nitrogen and oxygen atoms in total. The molecule has 1 saturated heterocycles. The van der Waals surface area contributed by atoms with Gasteiger partial charge in [-0.3, -0.25) is 4.79 Å². The van der Waals surface area contributed by atoms with Crippen molar-refractivity contribution in [2.75, 3.05) is 13.1 Å². The number of thiophene rings is 1. The van der Waals surface area contributed by atoms with Gasteiger partial charge in [0, 0.05) is 23.4 Å². The van der Waals surface area contributed by atoms with Crippen molar-refractivity contribution in [3.05, 3.63) is 16.3 Å². The van der Waals surface area contributed by atoms with E-state index >= 15 is 0 Å². The summed E-state index contributed by atoms with van der Waals surface area (Å²) in [7, 11) is 0. The first-order chi connectivity index (χ1) is 7.56. The summed E-state index contributed by atoms with van der Waals surface area (Å²) in [5.74, 6) is 1.40. The molecule has 1 aromatic rings. The third-order valence-electron chi connectivity index (χ3n) is 2.95. The van der Waals surface area contributed by atoms with Crippen molar-refractivity contribution in [3.63, 3.8) is 0 Å². The highest BCUT2D eigenvalue weighted by atomic mass is 32.1. The molecule has 0 saturated carbocycles. The van der Waals surface area contributed by atoms with E-state index in [0.29, 0.717) is 11.8 Å². The van der Waals surface area contributed by atoms with Gasteiger partial charge in [-0.15, -0.1) is 24.0 Å². The van der Waals surface area contributed by atoms with E-state index in [1.54, 1.807) is 0 Å². The maximum Gasteiger partial charge on any atom is 0.263 e. The van der Waals surface area contributed by atoms with Gasteiger partial charge < -0.3 is 4.90 Å². The summed E-state index contributed by atoms with van der Waals surface area (Å²) < 4.78 is 0.